The first-order valence-corrected chi connectivity index (χ1v) is 8.55. The Labute approximate surface area is 152 Å². The third-order valence-electron chi connectivity index (χ3n) is 4.45. The Hall–Kier alpha value is -3.14. The molecular weight excluding hydrogens is 326 g/mol. The highest BCUT2D eigenvalue weighted by atomic mass is 16.5. The second kappa shape index (κ2) is 7.83. The normalized spacial score (nSPS) is 11.9. The Kier molecular flexibility index (Phi) is 5.32. The number of carbonyl (C=O) groups excluding carboxylic acids is 2. The first kappa shape index (κ1) is 17.7. The molecule has 0 aromatic heterocycles. The van der Waals surface area contributed by atoms with E-state index in [0.717, 1.165) is 21.5 Å². The fraction of sp³-hybridized carbons (Fsp3) is 0.182. The quantitative estimate of drug-likeness (QED) is 0.412. The van der Waals surface area contributed by atoms with Gasteiger partial charge in [-0.05, 0) is 40.5 Å². The molecule has 132 valence electrons. The van der Waals surface area contributed by atoms with E-state index in [9.17, 15) is 9.59 Å². The Bertz CT molecular complexity index is 923. The predicted octanol–water partition coefficient (Wildman–Crippen LogP) is 4.23. The van der Waals surface area contributed by atoms with Crippen LogP contribution in [0.1, 0.15) is 23.2 Å². The van der Waals surface area contributed by atoms with E-state index in [-0.39, 0.29) is 5.91 Å². The van der Waals surface area contributed by atoms with Crippen molar-refractivity contribution < 1.29 is 14.3 Å². The van der Waals surface area contributed by atoms with Crippen LogP contribution in [-0.2, 0) is 9.53 Å². The number of nitrogens with one attached hydrogen (secondary N) is 1. The molecular formula is C22H21NO3. The molecule has 0 aliphatic rings. The van der Waals surface area contributed by atoms with Crippen LogP contribution in [0.4, 0.5) is 0 Å². The number of hydrogen-bond acceptors (Lipinski definition) is 3. The second-order valence-electron chi connectivity index (χ2n) is 6.11. The number of esters is 1. The second-order valence-corrected chi connectivity index (χ2v) is 6.11. The lowest BCUT2D eigenvalue weighted by Gasteiger charge is -2.18. The van der Waals surface area contributed by atoms with Crippen LogP contribution in [0, 0.1) is 0 Å². The maximum Gasteiger partial charge on any atom is 0.328 e. The monoisotopic (exact) mass is 347 g/mol. The van der Waals surface area contributed by atoms with Crippen LogP contribution >= 0.6 is 0 Å². The Balaban J connectivity index is 2.08. The summed E-state index contributed by atoms with van der Waals surface area (Å²) in [6.45, 7) is 3.67. The SMILES string of the molecule is C=CCC[C@H](NC(=O)c1c2ccccc2cc2ccccc12)C(=O)OC. The molecule has 0 saturated heterocycles. The molecule has 0 unspecified atom stereocenters. The summed E-state index contributed by atoms with van der Waals surface area (Å²) in [5.41, 5.74) is 0.575. The average Bonchev–Trinajstić information content (AvgIpc) is 2.68. The van der Waals surface area contributed by atoms with E-state index in [4.69, 9.17) is 4.74 Å². The Morgan fingerprint density at radius 1 is 1.08 bits per heavy atom. The topological polar surface area (TPSA) is 55.4 Å². The lowest BCUT2D eigenvalue weighted by atomic mass is 9.96. The zero-order valence-electron chi connectivity index (χ0n) is 14.7. The lowest BCUT2D eigenvalue weighted by molar-refractivity contribution is -0.143. The van der Waals surface area contributed by atoms with Crippen molar-refractivity contribution in [2.45, 2.75) is 18.9 Å². The third kappa shape index (κ3) is 3.45. The van der Waals surface area contributed by atoms with Crippen molar-refractivity contribution in [3.63, 3.8) is 0 Å². The van der Waals surface area contributed by atoms with E-state index in [1.54, 1.807) is 6.08 Å². The van der Waals surface area contributed by atoms with Crippen molar-refractivity contribution >= 4 is 33.4 Å². The molecule has 1 atom stereocenters. The van der Waals surface area contributed by atoms with Crippen LogP contribution in [-0.4, -0.2) is 25.0 Å². The number of carbonyl (C=O) groups is 2. The van der Waals surface area contributed by atoms with Gasteiger partial charge in [0, 0.05) is 0 Å². The molecule has 0 heterocycles. The molecule has 4 heteroatoms. The van der Waals surface area contributed by atoms with Crippen molar-refractivity contribution in [1.82, 2.24) is 5.32 Å². The largest absolute Gasteiger partial charge is 0.467 e. The number of methoxy groups -OCH3 is 1. The molecule has 1 N–H and O–H groups in total. The number of allylic oxidation sites excluding steroid dienone is 1. The molecule has 3 aromatic carbocycles. The fourth-order valence-electron chi connectivity index (χ4n) is 3.16. The maximum absolute atomic E-state index is 13.1. The molecule has 26 heavy (non-hydrogen) atoms. The van der Waals surface area contributed by atoms with Gasteiger partial charge < -0.3 is 10.1 Å². The number of ether oxygens (including phenoxy) is 1. The van der Waals surface area contributed by atoms with Gasteiger partial charge in [-0.3, -0.25) is 4.79 Å². The van der Waals surface area contributed by atoms with Gasteiger partial charge in [0.1, 0.15) is 6.04 Å². The van der Waals surface area contributed by atoms with Crippen LogP contribution in [0.15, 0.2) is 67.3 Å². The lowest BCUT2D eigenvalue weighted by Crippen LogP contribution is -2.41. The summed E-state index contributed by atoms with van der Waals surface area (Å²) in [6.07, 6.45) is 2.77. The number of fused-ring (bicyclic) bond motifs is 2. The van der Waals surface area contributed by atoms with E-state index in [0.29, 0.717) is 18.4 Å². The molecule has 3 aromatic rings. The van der Waals surface area contributed by atoms with E-state index in [1.165, 1.54) is 7.11 Å². The number of hydrogen-bond donors (Lipinski definition) is 1. The van der Waals surface area contributed by atoms with Gasteiger partial charge in [0.2, 0.25) is 0 Å². The van der Waals surface area contributed by atoms with Gasteiger partial charge in [0.05, 0.1) is 12.7 Å². The van der Waals surface area contributed by atoms with Gasteiger partial charge in [0.25, 0.3) is 5.91 Å². The van der Waals surface area contributed by atoms with Gasteiger partial charge in [-0.25, -0.2) is 4.79 Å². The summed E-state index contributed by atoms with van der Waals surface area (Å²) in [4.78, 5) is 25.2. The highest BCUT2D eigenvalue weighted by Gasteiger charge is 2.23. The van der Waals surface area contributed by atoms with E-state index < -0.39 is 12.0 Å². The molecule has 4 nitrogen and oxygen atoms in total. The molecule has 0 radical (unpaired) electrons. The molecule has 0 fully saturated rings. The average molecular weight is 347 g/mol. The Morgan fingerprint density at radius 2 is 1.65 bits per heavy atom. The van der Waals surface area contributed by atoms with Crippen LogP contribution in [0.25, 0.3) is 21.5 Å². The van der Waals surface area contributed by atoms with Gasteiger partial charge in [-0.15, -0.1) is 6.58 Å². The smallest absolute Gasteiger partial charge is 0.328 e. The predicted molar refractivity (Wildman–Crippen MR) is 104 cm³/mol. The van der Waals surface area contributed by atoms with Crippen molar-refractivity contribution in [3.8, 4) is 0 Å². The molecule has 0 aliphatic heterocycles. The summed E-state index contributed by atoms with van der Waals surface area (Å²) in [7, 11) is 1.32. The molecule has 0 aliphatic carbocycles. The molecule has 0 bridgehead atoms. The van der Waals surface area contributed by atoms with E-state index in [1.807, 2.05) is 48.5 Å². The summed E-state index contributed by atoms with van der Waals surface area (Å²) < 4.78 is 4.83. The highest BCUT2D eigenvalue weighted by Crippen LogP contribution is 2.28. The number of benzene rings is 3. The number of rotatable bonds is 6. The van der Waals surface area contributed by atoms with Gasteiger partial charge >= 0.3 is 5.97 Å². The summed E-state index contributed by atoms with van der Waals surface area (Å²) in [6, 6.07) is 16.9. The minimum Gasteiger partial charge on any atom is -0.467 e. The summed E-state index contributed by atoms with van der Waals surface area (Å²) in [5, 5.41) is 6.52. The first-order chi connectivity index (χ1) is 12.7. The van der Waals surface area contributed by atoms with Crippen LogP contribution in [0.2, 0.25) is 0 Å². The zero-order valence-corrected chi connectivity index (χ0v) is 14.7. The summed E-state index contributed by atoms with van der Waals surface area (Å²) >= 11 is 0. The van der Waals surface area contributed by atoms with Gasteiger partial charge in [-0.1, -0.05) is 54.6 Å². The highest BCUT2D eigenvalue weighted by molar-refractivity contribution is 6.18. The standard InChI is InChI=1S/C22H21NO3/c1-3-4-13-19(22(25)26-2)23-21(24)20-17-11-7-5-9-15(17)14-16-10-6-8-12-18(16)20/h3,5-12,14,19H,1,4,13H2,2H3,(H,23,24)/t19-/m0/s1. The van der Waals surface area contributed by atoms with Crippen molar-refractivity contribution in [1.29, 1.82) is 0 Å². The van der Waals surface area contributed by atoms with Crippen molar-refractivity contribution in [2.24, 2.45) is 0 Å². The maximum atomic E-state index is 13.1. The van der Waals surface area contributed by atoms with Gasteiger partial charge in [0.15, 0.2) is 0 Å². The molecule has 0 spiro atoms. The minimum atomic E-state index is -0.705. The minimum absolute atomic E-state index is 0.280. The van der Waals surface area contributed by atoms with Crippen LogP contribution in [0.3, 0.4) is 0 Å². The Morgan fingerprint density at radius 3 is 2.19 bits per heavy atom. The fourth-order valence-corrected chi connectivity index (χ4v) is 3.16. The van der Waals surface area contributed by atoms with Crippen LogP contribution < -0.4 is 5.32 Å². The van der Waals surface area contributed by atoms with E-state index >= 15 is 0 Å². The first-order valence-electron chi connectivity index (χ1n) is 8.55. The molecule has 0 saturated carbocycles. The molecule has 1 amide bonds. The zero-order chi connectivity index (χ0) is 18.5. The van der Waals surface area contributed by atoms with Gasteiger partial charge in [-0.2, -0.15) is 0 Å². The van der Waals surface area contributed by atoms with Crippen LogP contribution in [0.5, 0.6) is 0 Å². The van der Waals surface area contributed by atoms with Crippen molar-refractivity contribution in [3.05, 3.63) is 72.8 Å². The third-order valence-corrected chi connectivity index (χ3v) is 4.45. The molecule has 3 rings (SSSR count). The summed E-state index contributed by atoms with van der Waals surface area (Å²) in [5.74, 6) is -0.734. The van der Waals surface area contributed by atoms with Crippen molar-refractivity contribution in [2.75, 3.05) is 7.11 Å². The number of amides is 1. The van der Waals surface area contributed by atoms with E-state index in [2.05, 4.69) is 18.0 Å².